The zero-order valence-electron chi connectivity index (χ0n) is 28.6. The van der Waals surface area contributed by atoms with Crippen LogP contribution in [0.1, 0.15) is 63.0 Å². The highest BCUT2D eigenvalue weighted by Crippen LogP contribution is 2.25. The Kier molecular flexibility index (Phi) is 12.3. The first-order valence-corrected chi connectivity index (χ1v) is 17.2. The summed E-state index contributed by atoms with van der Waals surface area (Å²) < 4.78 is 5.50. The second kappa shape index (κ2) is 16.2. The third-order valence-electron chi connectivity index (χ3n) is 7.42. The SMILES string of the molecule is CC(C)(C)NC(=O)c1ccccc1C[C@@H](O)[C@H](Cc1ccccc1)NC(=O)[C@@H](CSc1ccc2ccccc2c1)NC(=O)OC(C)(C)C. The molecule has 0 aliphatic carbocycles. The number of rotatable bonds is 12. The number of carbonyl (C=O) groups is 3. The Hall–Kier alpha value is -4.34. The summed E-state index contributed by atoms with van der Waals surface area (Å²) in [6.45, 7) is 11.0. The fraction of sp³-hybridized carbons (Fsp3) is 0.359. The van der Waals surface area contributed by atoms with Gasteiger partial charge in [0.15, 0.2) is 0 Å². The van der Waals surface area contributed by atoms with Crippen molar-refractivity contribution in [3.05, 3.63) is 114 Å². The minimum absolute atomic E-state index is 0.127. The Bertz CT molecular complexity index is 1700. The van der Waals surface area contributed by atoms with Gasteiger partial charge in [0.25, 0.3) is 5.91 Å². The molecule has 0 heterocycles. The van der Waals surface area contributed by atoms with Crippen LogP contribution in [0.4, 0.5) is 4.79 Å². The summed E-state index contributed by atoms with van der Waals surface area (Å²) in [6, 6.07) is 29.1. The van der Waals surface area contributed by atoms with Gasteiger partial charge in [0, 0.05) is 28.2 Å². The van der Waals surface area contributed by atoms with E-state index in [9.17, 15) is 19.5 Å². The lowest BCUT2D eigenvalue weighted by Gasteiger charge is -2.28. The molecule has 0 unspecified atom stereocenters. The van der Waals surface area contributed by atoms with Crippen LogP contribution in [0.2, 0.25) is 0 Å². The van der Waals surface area contributed by atoms with Crippen LogP contribution in [0.25, 0.3) is 10.8 Å². The van der Waals surface area contributed by atoms with Crippen molar-refractivity contribution >= 4 is 40.4 Å². The van der Waals surface area contributed by atoms with Gasteiger partial charge in [0.2, 0.25) is 5.91 Å². The molecule has 0 aromatic heterocycles. The van der Waals surface area contributed by atoms with E-state index in [0.717, 1.165) is 21.2 Å². The molecule has 4 aromatic rings. The van der Waals surface area contributed by atoms with Crippen LogP contribution in [0.3, 0.4) is 0 Å². The highest BCUT2D eigenvalue weighted by molar-refractivity contribution is 7.99. The van der Waals surface area contributed by atoms with Crippen molar-refractivity contribution in [2.24, 2.45) is 0 Å². The van der Waals surface area contributed by atoms with E-state index in [1.165, 1.54) is 11.8 Å². The number of benzene rings is 4. The normalized spacial score (nSPS) is 13.6. The van der Waals surface area contributed by atoms with Gasteiger partial charge in [-0.3, -0.25) is 9.59 Å². The molecule has 0 aliphatic rings. The second-order valence-electron chi connectivity index (χ2n) is 14.0. The number of thioether (sulfide) groups is 1. The molecule has 3 atom stereocenters. The molecule has 4 rings (SSSR count). The first-order valence-electron chi connectivity index (χ1n) is 16.2. The molecule has 8 nitrogen and oxygen atoms in total. The van der Waals surface area contributed by atoms with Gasteiger partial charge < -0.3 is 25.8 Å². The Morgan fingerprint density at radius 1 is 0.771 bits per heavy atom. The van der Waals surface area contributed by atoms with Gasteiger partial charge in [-0.2, -0.15) is 0 Å². The Morgan fingerprint density at radius 2 is 1.42 bits per heavy atom. The highest BCUT2D eigenvalue weighted by Gasteiger charge is 2.30. The molecule has 0 saturated heterocycles. The molecule has 0 spiro atoms. The number of amides is 3. The lowest BCUT2D eigenvalue weighted by molar-refractivity contribution is -0.124. The van der Waals surface area contributed by atoms with Crippen molar-refractivity contribution in [3.8, 4) is 0 Å². The van der Waals surface area contributed by atoms with Gasteiger partial charge in [-0.05, 0) is 88.1 Å². The van der Waals surface area contributed by atoms with Gasteiger partial charge in [-0.25, -0.2) is 4.79 Å². The maximum Gasteiger partial charge on any atom is 0.408 e. The van der Waals surface area contributed by atoms with Gasteiger partial charge in [-0.15, -0.1) is 11.8 Å². The molecular formula is C39H47N3O5S. The van der Waals surface area contributed by atoms with Crippen LogP contribution in [0.15, 0.2) is 102 Å². The van der Waals surface area contributed by atoms with Crippen LogP contribution in [-0.4, -0.2) is 58.1 Å². The van der Waals surface area contributed by atoms with E-state index in [0.29, 0.717) is 17.5 Å². The van der Waals surface area contributed by atoms with Crippen LogP contribution < -0.4 is 16.0 Å². The lowest BCUT2D eigenvalue weighted by Crippen LogP contribution is -2.55. The molecule has 4 aromatic carbocycles. The number of aliphatic hydroxyl groups is 1. The fourth-order valence-electron chi connectivity index (χ4n) is 5.20. The number of ether oxygens (including phenoxy) is 1. The van der Waals surface area contributed by atoms with E-state index in [1.807, 2.05) is 99.6 Å². The van der Waals surface area contributed by atoms with Crippen LogP contribution >= 0.6 is 11.8 Å². The minimum atomic E-state index is -1.05. The maximum atomic E-state index is 14.0. The summed E-state index contributed by atoms with van der Waals surface area (Å²) in [5.41, 5.74) is 0.854. The summed E-state index contributed by atoms with van der Waals surface area (Å²) in [5, 5.41) is 22.6. The molecule has 0 bridgehead atoms. The number of fused-ring (bicyclic) bond motifs is 1. The standard InChI is InChI=1S/C39H47N3O5S/c1-38(2,3)42-35(44)31-19-13-12-18-29(31)24-34(43)32(22-26-14-8-7-9-15-26)40-36(45)33(41-37(46)47-39(4,5)6)25-48-30-21-20-27-16-10-11-17-28(27)23-30/h7-21,23,32-34,43H,22,24-25H2,1-6H3,(H,40,45)(H,41,46)(H,42,44)/t32-,33+,34+/m0/s1. The summed E-state index contributed by atoms with van der Waals surface area (Å²) in [5.74, 6) is -0.456. The monoisotopic (exact) mass is 669 g/mol. The maximum absolute atomic E-state index is 14.0. The van der Waals surface area contributed by atoms with Crippen molar-refractivity contribution in [2.75, 3.05) is 5.75 Å². The van der Waals surface area contributed by atoms with Gasteiger partial charge in [0.1, 0.15) is 11.6 Å². The molecule has 0 saturated carbocycles. The molecule has 48 heavy (non-hydrogen) atoms. The average molecular weight is 670 g/mol. The zero-order chi connectivity index (χ0) is 34.9. The third-order valence-corrected chi connectivity index (χ3v) is 8.50. The molecule has 0 radical (unpaired) electrons. The number of hydrogen-bond acceptors (Lipinski definition) is 6. The lowest BCUT2D eigenvalue weighted by atomic mass is 9.93. The molecule has 0 aliphatic heterocycles. The molecule has 3 amide bonds. The van der Waals surface area contributed by atoms with E-state index in [2.05, 4.69) is 22.0 Å². The van der Waals surface area contributed by atoms with Gasteiger partial charge in [0.05, 0.1) is 12.1 Å². The third kappa shape index (κ3) is 11.4. The molecule has 0 fully saturated rings. The smallest absolute Gasteiger partial charge is 0.408 e. The number of aliphatic hydroxyl groups excluding tert-OH is 1. The largest absolute Gasteiger partial charge is 0.444 e. The van der Waals surface area contributed by atoms with Crippen molar-refractivity contribution in [1.29, 1.82) is 0 Å². The molecule has 254 valence electrons. The zero-order valence-corrected chi connectivity index (χ0v) is 29.4. The molecular weight excluding hydrogens is 623 g/mol. The predicted molar refractivity (Wildman–Crippen MR) is 193 cm³/mol. The van der Waals surface area contributed by atoms with Crippen LogP contribution in [0.5, 0.6) is 0 Å². The topological polar surface area (TPSA) is 117 Å². The van der Waals surface area contributed by atoms with E-state index in [4.69, 9.17) is 4.74 Å². The van der Waals surface area contributed by atoms with E-state index in [-0.39, 0.29) is 18.1 Å². The average Bonchev–Trinajstić information content (AvgIpc) is 3.01. The van der Waals surface area contributed by atoms with Crippen molar-refractivity contribution in [3.63, 3.8) is 0 Å². The number of alkyl carbamates (subject to hydrolysis) is 1. The number of hydrogen-bond donors (Lipinski definition) is 4. The number of nitrogens with one attached hydrogen (secondary N) is 3. The van der Waals surface area contributed by atoms with Crippen LogP contribution in [0, 0.1) is 0 Å². The first-order chi connectivity index (χ1) is 22.7. The van der Waals surface area contributed by atoms with Gasteiger partial charge >= 0.3 is 6.09 Å². The predicted octanol–water partition coefficient (Wildman–Crippen LogP) is 6.68. The highest BCUT2D eigenvalue weighted by atomic mass is 32.2. The second-order valence-corrected chi connectivity index (χ2v) is 15.0. The quantitative estimate of drug-likeness (QED) is 0.125. The Balaban J connectivity index is 1.57. The molecule has 9 heteroatoms. The Labute approximate surface area is 288 Å². The number of carbonyl (C=O) groups excluding carboxylic acids is 3. The summed E-state index contributed by atoms with van der Waals surface area (Å²) in [7, 11) is 0. The van der Waals surface area contributed by atoms with Gasteiger partial charge in [-0.1, -0.05) is 78.9 Å². The van der Waals surface area contributed by atoms with Crippen LogP contribution in [-0.2, 0) is 22.4 Å². The van der Waals surface area contributed by atoms with Crippen molar-refractivity contribution in [1.82, 2.24) is 16.0 Å². The van der Waals surface area contributed by atoms with E-state index >= 15 is 0 Å². The fourth-order valence-corrected chi connectivity index (χ4v) is 6.17. The first kappa shape index (κ1) is 36.5. The van der Waals surface area contributed by atoms with Crippen molar-refractivity contribution < 1.29 is 24.2 Å². The van der Waals surface area contributed by atoms with E-state index in [1.54, 1.807) is 32.9 Å². The van der Waals surface area contributed by atoms with Crippen molar-refractivity contribution in [2.45, 2.75) is 88.6 Å². The summed E-state index contributed by atoms with van der Waals surface area (Å²) >= 11 is 1.45. The Morgan fingerprint density at radius 3 is 2.10 bits per heavy atom. The minimum Gasteiger partial charge on any atom is -0.444 e. The summed E-state index contributed by atoms with van der Waals surface area (Å²) in [4.78, 5) is 41.0. The van der Waals surface area contributed by atoms with E-state index < -0.39 is 41.3 Å². The molecule has 4 N–H and O–H groups in total. The summed E-state index contributed by atoms with van der Waals surface area (Å²) in [6.07, 6.45) is -1.29.